The molecule has 3 aromatic rings. The number of hydrogen-bond donors (Lipinski definition) is 0. The summed E-state index contributed by atoms with van der Waals surface area (Å²) in [5, 5.41) is 0. The van der Waals surface area contributed by atoms with E-state index in [0.29, 0.717) is 13.0 Å². The Balaban J connectivity index is 1.60. The van der Waals surface area contributed by atoms with E-state index >= 15 is 0 Å². The number of hydrogen-bond acceptors (Lipinski definition) is 4. The quantitative estimate of drug-likeness (QED) is 0.653. The van der Waals surface area contributed by atoms with Gasteiger partial charge in [-0.15, -0.1) is 0 Å². The molecule has 0 radical (unpaired) electrons. The fourth-order valence-corrected chi connectivity index (χ4v) is 3.47. The molecule has 1 saturated heterocycles. The molecule has 0 amide bonds. The maximum atomic E-state index is 11.9. The lowest BCUT2D eigenvalue weighted by Crippen LogP contribution is -2.41. The fraction of sp³-hybridized carbons (Fsp3) is 0.429. The summed E-state index contributed by atoms with van der Waals surface area (Å²) in [5.41, 5.74) is 2.21. The second-order valence-corrected chi connectivity index (χ2v) is 8.41. The minimum absolute atomic E-state index is 0.00399. The minimum atomic E-state index is -0.393. The van der Waals surface area contributed by atoms with E-state index in [1.165, 1.54) is 0 Å². The molecule has 6 nitrogen and oxygen atoms in total. The van der Waals surface area contributed by atoms with Crippen LogP contribution in [0.4, 0.5) is 0 Å². The van der Waals surface area contributed by atoms with E-state index in [2.05, 4.69) is 38.3 Å². The van der Waals surface area contributed by atoms with E-state index < -0.39 is 7.12 Å². The molecule has 1 aliphatic heterocycles. The van der Waals surface area contributed by atoms with Crippen molar-refractivity contribution in [2.45, 2.75) is 51.9 Å². The number of imidazole rings is 1. The van der Waals surface area contributed by atoms with E-state index in [1.54, 1.807) is 22.9 Å². The van der Waals surface area contributed by atoms with Crippen molar-refractivity contribution in [2.75, 3.05) is 0 Å². The van der Waals surface area contributed by atoms with Crippen LogP contribution in [0.3, 0.4) is 0 Å². The number of aryl methyl sites for hydroxylation is 3. The molecule has 1 fully saturated rings. The summed E-state index contributed by atoms with van der Waals surface area (Å²) in [6.45, 7) is 8.82. The summed E-state index contributed by atoms with van der Waals surface area (Å²) in [6, 6.07) is 11.3. The molecule has 146 valence electrons. The molecule has 28 heavy (non-hydrogen) atoms. The molecule has 1 aromatic carbocycles. The molecule has 0 aliphatic carbocycles. The molecular weight excluding hydrogens is 353 g/mol. The third kappa shape index (κ3) is 3.18. The summed E-state index contributed by atoms with van der Waals surface area (Å²) in [4.78, 5) is 16.6. The first-order chi connectivity index (χ1) is 13.2. The third-order valence-corrected chi connectivity index (χ3v) is 6.00. The second-order valence-electron chi connectivity index (χ2n) is 8.41. The summed E-state index contributed by atoms with van der Waals surface area (Å²) in [5.74, 6) is 0.942. The molecule has 1 aliphatic rings. The Morgan fingerprint density at radius 2 is 1.79 bits per heavy atom. The minimum Gasteiger partial charge on any atom is -0.399 e. The highest BCUT2D eigenvalue weighted by molar-refractivity contribution is 6.62. The number of rotatable bonds is 4. The maximum absolute atomic E-state index is 11.9. The Morgan fingerprint density at radius 3 is 2.46 bits per heavy atom. The van der Waals surface area contributed by atoms with Gasteiger partial charge in [-0.3, -0.25) is 4.79 Å². The number of pyridine rings is 1. The van der Waals surface area contributed by atoms with Crippen LogP contribution in [0, 0.1) is 0 Å². The van der Waals surface area contributed by atoms with Crippen LogP contribution in [0.5, 0.6) is 0 Å². The highest BCUT2D eigenvalue weighted by Gasteiger charge is 2.51. The lowest BCUT2D eigenvalue weighted by Gasteiger charge is -2.32. The summed E-state index contributed by atoms with van der Waals surface area (Å²) in [7, 11) is 1.61. The van der Waals surface area contributed by atoms with Gasteiger partial charge in [0.05, 0.1) is 22.2 Å². The van der Waals surface area contributed by atoms with Gasteiger partial charge in [-0.25, -0.2) is 4.98 Å². The molecule has 7 heteroatoms. The van der Waals surface area contributed by atoms with Gasteiger partial charge in [0, 0.05) is 32.3 Å². The van der Waals surface area contributed by atoms with Crippen molar-refractivity contribution in [1.82, 2.24) is 14.1 Å². The third-order valence-electron chi connectivity index (χ3n) is 6.00. The zero-order chi connectivity index (χ0) is 20.1. The van der Waals surface area contributed by atoms with Crippen molar-refractivity contribution in [3.8, 4) is 0 Å². The summed E-state index contributed by atoms with van der Waals surface area (Å²) in [6.07, 6.45) is 2.49. The topological polar surface area (TPSA) is 58.3 Å². The Bertz CT molecular complexity index is 1070. The van der Waals surface area contributed by atoms with Crippen molar-refractivity contribution in [1.29, 1.82) is 0 Å². The molecule has 0 N–H and O–H groups in total. The van der Waals surface area contributed by atoms with Gasteiger partial charge < -0.3 is 18.4 Å². The van der Waals surface area contributed by atoms with E-state index in [1.807, 2.05) is 25.2 Å². The van der Waals surface area contributed by atoms with Crippen LogP contribution in [0.25, 0.3) is 11.0 Å². The Morgan fingerprint density at radius 1 is 1.07 bits per heavy atom. The Labute approximate surface area is 165 Å². The number of fused-ring (bicyclic) bond motifs is 1. The van der Waals surface area contributed by atoms with E-state index in [-0.39, 0.29) is 16.8 Å². The molecule has 0 spiro atoms. The molecule has 2 aromatic heterocycles. The van der Waals surface area contributed by atoms with Crippen LogP contribution in [-0.4, -0.2) is 32.4 Å². The maximum Gasteiger partial charge on any atom is 0.494 e. The van der Waals surface area contributed by atoms with Crippen molar-refractivity contribution < 1.29 is 9.31 Å². The fourth-order valence-electron chi connectivity index (χ4n) is 3.47. The van der Waals surface area contributed by atoms with Crippen LogP contribution in [0.15, 0.2) is 47.4 Å². The van der Waals surface area contributed by atoms with Crippen molar-refractivity contribution in [2.24, 2.45) is 7.05 Å². The normalized spacial score (nSPS) is 18.1. The van der Waals surface area contributed by atoms with Gasteiger partial charge in [0.15, 0.2) is 0 Å². The van der Waals surface area contributed by atoms with Crippen LogP contribution in [0.2, 0.25) is 0 Å². The second kappa shape index (κ2) is 6.60. The largest absolute Gasteiger partial charge is 0.494 e. The number of aromatic nitrogens is 3. The smallest absolute Gasteiger partial charge is 0.399 e. The first-order valence-corrected chi connectivity index (χ1v) is 9.64. The van der Waals surface area contributed by atoms with E-state index in [0.717, 1.165) is 22.3 Å². The van der Waals surface area contributed by atoms with Crippen LogP contribution in [-0.2, 0) is 29.3 Å². The van der Waals surface area contributed by atoms with Crippen LogP contribution < -0.4 is 11.0 Å². The van der Waals surface area contributed by atoms with E-state index in [4.69, 9.17) is 14.3 Å². The van der Waals surface area contributed by atoms with E-state index in [9.17, 15) is 4.79 Å². The van der Waals surface area contributed by atoms with Crippen molar-refractivity contribution in [3.05, 3.63) is 58.8 Å². The van der Waals surface area contributed by atoms with Gasteiger partial charge in [0.2, 0.25) is 0 Å². The van der Waals surface area contributed by atoms with Crippen LogP contribution in [0.1, 0.15) is 33.5 Å². The average Bonchev–Trinajstić information content (AvgIpc) is 3.06. The summed E-state index contributed by atoms with van der Waals surface area (Å²) < 4.78 is 16.1. The first-order valence-electron chi connectivity index (χ1n) is 9.64. The van der Waals surface area contributed by atoms with Gasteiger partial charge >= 0.3 is 7.12 Å². The molecule has 0 bridgehead atoms. The highest BCUT2D eigenvalue weighted by Crippen LogP contribution is 2.36. The van der Waals surface area contributed by atoms with Crippen LogP contribution >= 0.6 is 0 Å². The average molecular weight is 379 g/mol. The number of nitrogens with zero attached hydrogens (tertiary/aromatic N) is 3. The lowest BCUT2D eigenvalue weighted by molar-refractivity contribution is 0.00578. The molecule has 0 unspecified atom stereocenters. The predicted octanol–water partition coefficient (Wildman–Crippen LogP) is 2.28. The van der Waals surface area contributed by atoms with Crippen molar-refractivity contribution in [3.63, 3.8) is 0 Å². The first kappa shape index (κ1) is 19.0. The van der Waals surface area contributed by atoms with Crippen molar-refractivity contribution >= 4 is 23.6 Å². The number of benzene rings is 1. The predicted molar refractivity (Wildman–Crippen MR) is 111 cm³/mol. The molecule has 4 rings (SSSR count). The van der Waals surface area contributed by atoms with Gasteiger partial charge in [0.1, 0.15) is 5.82 Å². The molecule has 0 atom stereocenters. The molecular formula is C21H26BN3O3. The monoisotopic (exact) mass is 379 g/mol. The standard InChI is InChI=1S/C21H26BN3O3/c1-20(2)21(3,4)28-22(27-20)15-9-10-16-17(14-15)24(5)18(23-16)11-13-25-12-7-6-8-19(25)26/h6-10,12,14H,11,13H2,1-5H3. The lowest BCUT2D eigenvalue weighted by atomic mass is 9.79. The van der Waals surface area contributed by atoms with Gasteiger partial charge in [-0.1, -0.05) is 12.1 Å². The van der Waals surface area contributed by atoms with Gasteiger partial charge in [-0.2, -0.15) is 0 Å². The zero-order valence-corrected chi connectivity index (χ0v) is 17.1. The van der Waals surface area contributed by atoms with Gasteiger partial charge in [0.25, 0.3) is 5.56 Å². The zero-order valence-electron chi connectivity index (χ0n) is 17.1. The molecule has 3 heterocycles. The Kier molecular flexibility index (Phi) is 4.47. The summed E-state index contributed by atoms with van der Waals surface area (Å²) >= 11 is 0. The van der Waals surface area contributed by atoms with Gasteiger partial charge in [-0.05, 0) is 51.4 Å². The highest BCUT2D eigenvalue weighted by atomic mass is 16.7. The Hall–Kier alpha value is -2.38. The molecule has 0 saturated carbocycles. The SMILES string of the molecule is Cn1c(CCn2ccccc2=O)nc2ccc(B3OC(C)(C)C(C)(C)O3)cc21.